The lowest BCUT2D eigenvalue weighted by molar-refractivity contribution is 0.0721. The van der Waals surface area contributed by atoms with Crippen molar-refractivity contribution in [2.24, 2.45) is 0 Å². The van der Waals surface area contributed by atoms with Crippen LogP contribution in [-0.4, -0.2) is 31.0 Å². The van der Waals surface area contributed by atoms with E-state index in [2.05, 4.69) is 0 Å². The number of rotatable bonds is 2. The molecule has 0 bridgehead atoms. The fraction of sp³-hybridized carbons (Fsp3) is 0.462. The third-order valence-corrected chi connectivity index (χ3v) is 3.10. The van der Waals surface area contributed by atoms with Gasteiger partial charge < -0.3 is 15.4 Å². The third kappa shape index (κ3) is 2.52. The van der Waals surface area contributed by atoms with Crippen LogP contribution in [0.2, 0.25) is 0 Å². The van der Waals surface area contributed by atoms with E-state index < -0.39 is 0 Å². The van der Waals surface area contributed by atoms with Gasteiger partial charge in [0, 0.05) is 24.8 Å². The first kappa shape index (κ1) is 11.8. The van der Waals surface area contributed by atoms with Crippen LogP contribution in [0.15, 0.2) is 18.2 Å². The Morgan fingerprint density at radius 2 is 2.00 bits per heavy atom. The summed E-state index contributed by atoms with van der Waals surface area (Å²) >= 11 is 0. The average Bonchev–Trinajstić information content (AvgIpc) is 2.39. The lowest BCUT2D eigenvalue weighted by Gasteiger charge is -2.27. The Morgan fingerprint density at radius 3 is 2.65 bits per heavy atom. The quantitative estimate of drug-likeness (QED) is 0.795. The number of carbonyl (C=O) groups excluding carboxylic acids is 1. The number of hydrogen-bond acceptors (Lipinski definition) is 3. The molecule has 2 rings (SSSR count). The molecule has 1 saturated heterocycles. The van der Waals surface area contributed by atoms with Gasteiger partial charge >= 0.3 is 0 Å². The van der Waals surface area contributed by atoms with E-state index in [0.717, 1.165) is 25.9 Å². The molecule has 2 N–H and O–H groups in total. The number of hydrogen-bond donors (Lipinski definition) is 1. The molecule has 1 fully saturated rings. The molecular formula is C13H18N2O2. The predicted octanol–water partition coefficient (Wildman–Crippen LogP) is 1.90. The Kier molecular flexibility index (Phi) is 3.52. The highest BCUT2D eigenvalue weighted by Gasteiger charge is 2.21. The number of anilines is 1. The Labute approximate surface area is 101 Å². The summed E-state index contributed by atoms with van der Waals surface area (Å²) < 4.78 is 5.21. The van der Waals surface area contributed by atoms with Crippen LogP contribution in [0.5, 0.6) is 5.75 Å². The maximum Gasteiger partial charge on any atom is 0.257 e. The Hall–Kier alpha value is -1.71. The molecule has 17 heavy (non-hydrogen) atoms. The van der Waals surface area contributed by atoms with Gasteiger partial charge in [0.15, 0.2) is 0 Å². The minimum absolute atomic E-state index is 0.0431. The molecule has 0 spiro atoms. The van der Waals surface area contributed by atoms with Crippen LogP contribution in [-0.2, 0) is 0 Å². The lowest BCUT2D eigenvalue weighted by atomic mass is 10.1. The van der Waals surface area contributed by atoms with E-state index in [-0.39, 0.29) is 5.91 Å². The van der Waals surface area contributed by atoms with Gasteiger partial charge in [-0.2, -0.15) is 0 Å². The molecule has 1 aliphatic rings. The van der Waals surface area contributed by atoms with E-state index in [4.69, 9.17) is 10.5 Å². The van der Waals surface area contributed by atoms with Gasteiger partial charge in [0.05, 0.1) is 12.7 Å². The number of amides is 1. The molecule has 4 nitrogen and oxygen atoms in total. The molecular weight excluding hydrogens is 216 g/mol. The van der Waals surface area contributed by atoms with E-state index in [1.54, 1.807) is 25.3 Å². The fourth-order valence-corrected chi connectivity index (χ4v) is 2.15. The topological polar surface area (TPSA) is 55.6 Å². The molecule has 0 aliphatic carbocycles. The van der Waals surface area contributed by atoms with Crippen molar-refractivity contribution in [2.75, 3.05) is 25.9 Å². The monoisotopic (exact) mass is 234 g/mol. The number of piperidine rings is 1. The zero-order chi connectivity index (χ0) is 12.3. The first-order chi connectivity index (χ1) is 8.22. The van der Waals surface area contributed by atoms with Crippen molar-refractivity contribution in [1.29, 1.82) is 0 Å². The Balaban J connectivity index is 2.23. The molecule has 1 aliphatic heterocycles. The summed E-state index contributed by atoms with van der Waals surface area (Å²) in [5, 5.41) is 0. The summed E-state index contributed by atoms with van der Waals surface area (Å²) in [6.07, 6.45) is 3.38. The van der Waals surface area contributed by atoms with Crippen LogP contribution in [0, 0.1) is 0 Å². The highest BCUT2D eigenvalue weighted by Crippen LogP contribution is 2.24. The molecule has 4 heteroatoms. The smallest absolute Gasteiger partial charge is 0.257 e. The van der Waals surface area contributed by atoms with Crippen molar-refractivity contribution >= 4 is 11.6 Å². The van der Waals surface area contributed by atoms with Crippen LogP contribution in [0.4, 0.5) is 5.69 Å². The largest absolute Gasteiger partial charge is 0.496 e. The molecule has 0 radical (unpaired) electrons. The lowest BCUT2D eigenvalue weighted by Crippen LogP contribution is -2.35. The minimum Gasteiger partial charge on any atom is -0.496 e. The van der Waals surface area contributed by atoms with E-state index in [0.29, 0.717) is 17.0 Å². The standard InChI is InChI=1S/C13H18N2O2/c1-17-12-9-10(14)5-6-11(12)13(16)15-7-3-2-4-8-15/h5-6,9H,2-4,7-8,14H2,1H3. The maximum absolute atomic E-state index is 12.3. The summed E-state index contributed by atoms with van der Waals surface area (Å²) in [5.41, 5.74) is 6.89. The highest BCUT2D eigenvalue weighted by atomic mass is 16.5. The van der Waals surface area contributed by atoms with Gasteiger partial charge in [0.1, 0.15) is 5.75 Å². The van der Waals surface area contributed by atoms with E-state index >= 15 is 0 Å². The number of benzene rings is 1. The highest BCUT2D eigenvalue weighted by molar-refractivity contribution is 5.97. The van der Waals surface area contributed by atoms with Gasteiger partial charge in [0.25, 0.3) is 5.91 Å². The van der Waals surface area contributed by atoms with Crippen LogP contribution >= 0.6 is 0 Å². The molecule has 0 saturated carbocycles. The average molecular weight is 234 g/mol. The number of nitrogens with zero attached hydrogens (tertiary/aromatic N) is 1. The van der Waals surface area contributed by atoms with Crippen molar-refractivity contribution in [3.63, 3.8) is 0 Å². The van der Waals surface area contributed by atoms with Gasteiger partial charge in [-0.1, -0.05) is 0 Å². The first-order valence-corrected chi connectivity index (χ1v) is 5.95. The van der Waals surface area contributed by atoms with Crippen molar-refractivity contribution in [1.82, 2.24) is 4.90 Å². The number of methoxy groups -OCH3 is 1. The zero-order valence-corrected chi connectivity index (χ0v) is 10.1. The predicted molar refractivity (Wildman–Crippen MR) is 67.2 cm³/mol. The summed E-state index contributed by atoms with van der Waals surface area (Å²) in [6.45, 7) is 1.68. The van der Waals surface area contributed by atoms with E-state index in [1.807, 2.05) is 4.90 Å². The fourth-order valence-electron chi connectivity index (χ4n) is 2.15. The van der Waals surface area contributed by atoms with Crippen molar-refractivity contribution in [3.8, 4) is 5.75 Å². The van der Waals surface area contributed by atoms with Crippen LogP contribution in [0.1, 0.15) is 29.6 Å². The van der Waals surface area contributed by atoms with Gasteiger partial charge in [-0.25, -0.2) is 0 Å². The van der Waals surface area contributed by atoms with Gasteiger partial charge in [-0.15, -0.1) is 0 Å². The molecule has 0 atom stereocenters. The first-order valence-electron chi connectivity index (χ1n) is 5.95. The molecule has 0 unspecified atom stereocenters. The summed E-state index contributed by atoms with van der Waals surface area (Å²) in [7, 11) is 1.56. The number of nitrogen functional groups attached to an aromatic ring is 1. The van der Waals surface area contributed by atoms with Gasteiger partial charge in [0.2, 0.25) is 0 Å². The van der Waals surface area contributed by atoms with Crippen LogP contribution in [0.25, 0.3) is 0 Å². The van der Waals surface area contributed by atoms with Gasteiger partial charge in [-0.3, -0.25) is 4.79 Å². The second-order valence-corrected chi connectivity index (χ2v) is 4.31. The SMILES string of the molecule is COc1cc(N)ccc1C(=O)N1CCCCC1. The van der Waals surface area contributed by atoms with Gasteiger partial charge in [-0.05, 0) is 31.4 Å². The number of nitrogens with two attached hydrogens (primary N) is 1. The van der Waals surface area contributed by atoms with Crippen LogP contribution in [0.3, 0.4) is 0 Å². The van der Waals surface area contributed by atoms with Crippen molar-refractivity contribution in [3.05, 3.63) is 23.8 Å². The molecule has 1 aromatic carbocycles. The number of likely N-dealkylation sites (tertiary alicyclic amines) is 1. The second kappa shape index (κ2) is 5.08. The van der Waals surface area contributed by atoms with Crippen molar-refractivity contribution < 1.29 is 9.53 Å². The maximum atomic E-state index is 12.3. The third-order valence-electron chi connectivity index (χ3n) is 3.10. The van der Waals surface area contributed by atoms with Crippen LogP contribution < -0.4 is 10.5 Å². The summed E-state index contributed by atoms with van der Waals surface area (Å²) in [6, 6.07) is 5.17. The number of carbonyl (C=O) groups is 1. The normalized spacial score (nSPS) is 15.7. The second-order valence-electron chi connectivity index (χ2n) is 4.31. The number of ether oxygens (including phenoxy) is 1. The Bertz CT molecular complexity index is 412. The molecule has 1 heterocycles. The summed E-state index contributed by atoms with van der Waals surface area (Å²) in [5.74, 6) is 0.599. The van der Waals surface area contributed by atoms with Crippen molar-refractivity contribution in [2.45, 2.75) is 19.3 Å². The zero-order valence-electron chi connectivity index (χ0n) is 10.1. The molecule has 0 aromatic heterocycles. The summed E-state index contributed by atoms with van der Waals surface area (Å²) in [4.78, 5) is 14.2. The molecule has 1 amide bonds. The van der Waals surface area contributed by atoms with E-state index in [1.165, 1.54) is 6.42 Å². The minimum atomic E-state index is 0.0431. The molecule has 1 aromatic rings. The van der Waals surface area contributed by atoms with E-state index in [9.17, 15) is 4.79 Å². The Morgan fingerprint density at radius 1 is 1.29 bits per heavy atom. The molecule has 92 valence electrons.